The number of rotatable bonds is 1. The van der Waals surface area contributed by atoms with E-state index in [9.17, 15) is 8.42 Å². The maximum Gasteiger partial charge on any atom is 0.336 e. The van der Waals surface area contributed by atoms with Crippen molar-refractivity contribution in [2.24, 2.45) is 0 Å². The minimum Gasteiger partial charge on any atom is -0.259 e. The van der Waals surface area contributed by atoms with Crippen LogP contribution in [0, 0.1) is 0 Å². The van der Waals surface area contributed by atoms with E-state index in [1.54, 1.807) is 18.3 Å². The van der Waals surface area contributed by atoms with Crippen LogP contribution in [0.2, 0.25) is 0 Å². The van der Waals surface area contributed by atoms with E-state index in [4.69, 9.17) is 0 Å². The zero-order valence-electron chi connectivity index (χ0n) is 6.97. The van der Waals surface area contributed by atoms with Gasteiger partial charge in [0.25, 0.3) is 0 Å². The molecule has 76 valence electrons. The maximum atomic E-state index is 10.9. The summed E-state index contributed by atoms with van der Waals surface area (Å²) < 4.78 is 29.6. The van der Waals surface area contributed by atoms with Crippen molar-refractivity contribution in [2.45, 2.75) is 6.04 Å². The van der Waals surface area contributed by atoms with Crippen molar-refractivity contribution >= 4 is 26.2 Å². The van der Waals surface area contributed by atoms with E-state index in [0.29, 0.717) is 5.69 Å². The number of hydrogen-bond donors (Lipinski definition) is 1. The first kappa shape index (κ1) is 10.0. The second-order valence-corrected chi connectivity index (χ2v) is 5.10. The molecule has 7 heteroatoms. The molecule has 1 aromatic rings. The summed E-state index contributed by atoms with van der Waals surface area (Å²) in [7, 11) is -3.56. The van der Waals surface area contributed by atoms with Gasteiger partial charge in [-0.1, -0.05) is 15.9 Å². The highest BCUT2D eigenvalue weighted by Gasteiger charge is 2.29. The highest BCUT2D eigenvalue weighted by Crippen LogP contribution is 2.21. The Kier molecular flexibility index (Phi) is 2.56. The summed E-state index contributed by atoms with van der Waals surface area (Å²) >= 11 is 3.28. The fourth-order valence-electron chi connectivity index (χ4n) is 1.16. The summed E-state index contributed by atoms with van der Waals surface area (Å²) in [5.74, 6) is 0. The Hall–Kier alpha value is -0.500. The lowest BCUT2D eigenvalue weighted by Gasteiger charge is -2.05. The molecule has 1 saturated heterocycles. The van der Waals surface area contributed by atoms with Gasteiger partial charge in [0.1, 0.15) is 0 Å². The van der Waals surface area contributed by atoms with Gasteiger partial charge in [0, 0.05) is 10.7 Å². The predicted octanol–water partition coefficient (Wildman–Crippen LogP) is 0.750. The highest BCUT2D eigenvalue weighted by atomic mass is 79.9. The lowest BCUT2D eigenvalue weighted by molar-refractivity contribution is 0.337. The van der Waals surface area contributed by atoms with Gasteiger partial charge < -0.3 is 0 Å². The number of aromatic nitrogens is 1. The van der Waals surface area contributed by atoms with E-state index in [1.807, 2.05) is 0 Å². The largest absolute Gasteiger partial charge is 0.336 e. The van der Waals surface area contributed by atoms with Crippen LogP contribution >= 0.6 is 15.9 Å². The summed E-state index contributed by atoms with van der Waals surface area (Å²) in [6, 6.07) is 3.13. The summed E-state index contributed by atoms with van der Waals surface area (Å²) in [6.45, 7) is 0.0891. The van der Waals surface area contributed by atoms with Crippen LogP contribution in [0.25, 0.3) is 0 Å². The molecule has 0 saturated carbocycles. The number of pyridine rings is 1. The summed E-state index contributed by atoms with van der Waals surface area (Å²) in [5.41, 5.74) is 0.639. The summed E-state index contributed by atoms with van der Waals surface area (Å²) in [6.07, 6.45) is 1.60. The Morgan fingerprint density at radius 3 is 3.00 bits per heavy atom. The first-order valence-electron chi connectivity index (χ1n) is 3.85. The molecule has 0 spiro atoms. The summed E-state index contributed by atoms with van der Waals surface area (Å²) in [4.78, 5) is 4.05. The van der Waals surface area contributed by atoms with Crippen LogP contribution < -0.4 is 4.72 Å². The Morgan fingerprint density at radius 1 is 1.64 bits per heavy atom. The molecule has 1 aliphatic heterocycles. The number of halogens is 1. The molecule has 1 unspecified atom stereocenters. The fourth-order valence-corrected chi connectivity index (χ4v) is 2.43. The van der Waals surface area contributed by atoms with E-state index in [1.165, 1.54) is 0 Å². The quantitative estimate of drug-likeness (QED) is 0.823. The third kappa shape index (κ3) is 2.11. The van der Waals surface area contributed by atoms with Gasteiger partial charge in [0.05, 0.1) is 18.3 Å². The van der Waals surface area contributed by atoms with Crippen LogP contribution in [-0.4, -0.2) is 20.0 Å². The molecule has 1 aliphatic rings. The molecule has 0 amide bonds. The Bertz CT molecular complexity index is 448. The van der Waals surface area contributed by atoms with Gasteiger partial charge in [-0.15, -0.1) is 0 Å². The Morgan fingerprint density at radius 2 is 2.43 bits per heavy atom. The minimum absolute atomic E-state index is 0.0891. The van der Waals surface area contributed by atoms with E-state index in [2.05, 4.69) is 29.8 Å². The van der Waals surface area contributed by atoms with Gasteiger partial charge >= 0.3 is 10.3 Å². The Labute approximate surface area is 89.9 Å². The average Bonchev–Trinajstić information content (AvgIpc) is 2.46. The van der Waals surface area contributed by atoms with E-state index in [0.717, 1.165) is 4.47 Å². The number of nitrogens with zero attached hydrogens (tertiary/aromatic N) is 1. The maximum absolute atomic E-state index is 10.9. The fraction of sp³-hybridized carbons (Fsp3) is 0.286. The molecular weight excluding hydrogens is 272 g/mol. The van der Waals surface area contributed by atoms with Crippen LogP contribution in [0.1, 0.15) is 11.7 Å². The van der Waals surface area contributed by atoms with Crippen LogP contribution in [0.3, 0.4) is 0 Å². The monoisotopic (exact) mass is 278 g/mol. The third-order valence-electron chi connectivity index (χ3n) is 1.78. The average molecular weight is 279 g/mol. The molecule has 14 heavy (non-hydrogen) atoms. The van der Waals surface area contributed by atoms with Gasteiger partial charge in [-0.05, 0) is 12.1 Å². The number of nitrogens with one attached hydrogen (secondary N) is 1. The first-order valence-corrected chi connectivity index (χ1v) is 6.05. The zero-order chi connectivity index (χ0) is 10.2. The van der Waals surface area contributed by atoms with Crippen LogP contribution in [0.5, 0.6) is 0 Å². The van der Waals surface area contributed by atoms with Gasteiger partial charge in [-0.25, -0.2) is 0 Å². The normalized spacial score (nSPS) is 25.1. The van der Waals surface area contributed by atoms with Crippen molar-refractivity contribution < 1.29 is 12.6 Å². The van der Waals surface area contributed by atoms with E-state index >= 15 is 0 Å². The lowest BCUT2D eigenvalue weighted by atomic mass is 10.2. The van der Waals surface area contributed by atoms with Crippen molar-refractivity contribution in [1.29, 1.82) is 0 Å². The lowest BCUT2D eigenvalue weighted by Crippen LogP contribution is -2.20. The predicted molar refractivity (Wildman–Crippen MR) is 52.7 cm³/mol. The molecule has 0 bridgehead atoms. The second kappa shape index (κ2) is 3.58. The number of hydrogen-bond acceptors (Lipinski definition) is 4. The molecular formula is C7H7BrN2O3S. The van der Waals surface area contributed by atoms with Crippen LogP contribution in [-0.2, 0) is 14.5 Å². The standard InChI is InChI=1S/C7H7BrN2O3S/c8-5-1-2-9-6(3-5)7-4-13-14(11,12)10-7/h1-3,7,10H,4H2. The van der Waals surface area contributed by atoms with E-state index in [-0.39, 0.29) is 6.61 Å². The second-order valence-electron chi connectivity index (χ2n) is 2.81. The Balaban J connectivity index is 2.26. The molecule has 0 aromatic carbocycles. The van der Waals surface area contributed by atoms with E-state index < -0.39 is 16.3 Å². The smallest absolute Gasteiger partial charge is 0.259 e. The molecule has 2 rings (SSSR count). The molecule has 0 aliphatic carbocycles. The van der Waals surface area contributed by atoms with Crippen LogP contribution in [0.4, 0.5) is 0 Å². The van der Waals surface area contributed by atoms with Crippen molar-refractivity contribution in [2.75, 3.05) is 6.61 Å². The molecule has 2 heterocycles. The van der Waals surface area contributed by atoms with Gasteiger partial charge in [0.2, 0.25) is 0 Å². The van der Waals surface area contributed by atoms with Crippen molar-refractivity contribution in [1.82, 2.24) is 9.71 Å². The molecule has 1 N–H and O–H groups in total. The van der Waals surface area contributed by atoms with Crippen molar-refractivity contribution in [3.63, 3.8) is 0 Å². The first-order chi connectivity index (χ1) is 6.57. The summed E-state index contributed by atoms with van der Waals surface area (Å²) in [5, 5.41) is 0. The van der Waals surface area contributed by atoms with Gasteiger partial charge in [-0.3, -0.25) is 9.17 Å². The molecule has 0 radical (unpaired) electrons. The SMILES string of the molecule is O=S1(=O)NC(c2cc(Br)ccn2)CO1. The van der Waals surface area contributed by atoms with Gasteiger partial charge in [-0.2, -0.15) is 13.1 Å². The van der Waals surface area contributed by atoms with Crippen molar-refractivity contribution in [3.05, 3.63) is 28.5 Å². The van der Waals surface area contributed by atoms with Gasteiger partial charge in [0.15, 0.2) is 0 Å². The minimum atomic E-state index is -3.56. The molecule has 5 nitrogen and oxygen atoms in total. The zero-order valence-corrected chi connectivity index (χ0v) is 9.38. The molecule has 1 aromatic heterocycles. The molecule has 1 fully saturated rings. The van der Waals surface area contributed by atoms with Crippen LogP contribution in [0.15, 0.2) is 22.8 Å². The van der Waals surface area contributed by atoms with Crippen molar-refractivity contribution in [3.8, 4) is 0 Å². The molecule has 1 atom stereocenters. The highest BCUT2D eigenvalue weighted by molar-refractivity contribution is 9.10. The topological polar surface area (TPSA) is 68.3 Å². The third-order valence-corrected chi connectivity index (χ3v) is 3.29.